The Morgan fingerprint density at radius 3 is 2.31 bits per heavy atom. The number of unbranched alkanes of at least 4 members (excludes halogenated alkanes) is 6. The van der Waals surface area contributed by atoms with E-state index in [-0.39, 0.29) is 0 Å². The SMILES string of the molecule is CCCCCCCCC=C(C)C=O. The van der Waals surface area contributed by atoms with Crippen molar-refractivity contribution in [2.24, 2.45) is 0 Å². The van der Waals surface area contributed by atoms with Gasteiger partial charge in [0.25, 0.3) is 0 Å². The fraction of sp³-hybridized carbons (Fsp3) is 0.750. The molecule has 0 aromatic rings. The van der Waals surface area contributed by atoms with Crippen LogP contribution < -0.4 is 0 Å². The number of allylic oxidation sites excluding steroid dienone is 2. The van der Waals surface area contributed by atoms with Crippen molar-refractivity contribution in [3.8, 4) is 0 Å². The van der Waals surface area contributed by atoms with E-state index in [1.807, 2.05) is 13.0 Å². The Morgan fingerprint density at radius 2 is 1.69 bits per heavy atom. The Balaban J connectivity index is 3.12. The van der Waals surface area contributed by atoms with E-state index >= 15 is 0 Å². The maximum Gasteiger partial charge on any atom is 0.145 e. The lowest BCUT2D eigenvalue weighted by molar-refractivity contribution is -0.104. The minimum Gasteiger partial charge on any atom is -0.298 e. The van der Waals surface area contributed by atoms with Gasteiger partial charge < -0.3 is 0 Å². The van der Waals surface area contributed by atoms with Gasteiger partial charge >= 0.3 is 0 Å². The summed E-state index contributed by atoms with van der Waals surface area (Å²) in [5.74, 6) is 0. The number of aldehydes is 1. The summed E-state index contributed by atoms with van der Waals surface area (Å²) in [5, 5.41) is 0. The highest BCUT2D eigenvalue weighted by molar-refractivity contribution is 5.71. The van der Waals surface area contributed by atoms with Gasteiger partial charge in [-0.15, -0.1) is 0 Å². The first-order valence-corrected chi connectivity index (χ1v) is 5.43. The molecule has 0 saturated carbocycles. The van der Waals surface area contributed by atoms with Crippen molar-refractivity contribution in [3.05, 3.63) is 11.6 Å². The van der Waals surface area contributed by atoms with Crippen LogP contribution >= 0.6 is 0 Å². The molecule has 0 aliphatic rings. The van der Waals surface area contributed by atoms with E-state index in [0.29, 0.717) is 0 Å². The van der Waals surface area contributed by atoms with Gasteiger partial charge in [-0.3, -0.25) is 4.79 Å². The normalized spacial score (nSPS) is 11.7. The molecule has 76 valence electrons. The third-order valence-electron chi connectivity index (χ3n) is 2.21. The molecule has 0 aliphatic carbocycles. The van der Waals surface area contributed by atoms with Crippen molar-refractivity contribution in [1.82, 2.24) is 0 Å². The van der Waals surface area contributed by atoms with Crippen LogP contribution in [0, 0.1) is 0 Å². The third kappa shape index (κ3) is 9.32. The van der Waals surface area contributed by atoms with E-state index in [9.17, 15) is 4.79 Å². The minimum atomic E-state index is 0.869. The molecule has 0 radical (unpaired) electrons. The van der Waals surface area contributed by atoms with Gasteiger partial charge in [-0.05, 0) is 25.3 Å². The van der Waals surface area contributed by atoms with Gasteiger partial charge in [0.2, 0.25) is 0 Å². The highest BCUT2D eigenvalue weighted by Crippen LogP contribution is 2.07. The largest absolute Gasteiger partial charge is 0.298 e. The Morgan fingerprint density at radius 1 is 1.08 bits per heavy atom. The minimum absolute atomic E-state index is 0.869. The Bertz CT molecular complexity index is 147. The lowest BCUT2D eigenvalue weighted by Crippen LogP contribution is -1.80. The summed E-state index contributed by atoms with van der Waals surface area (Å²) in [4.78, 5) is 10.2. The zero-order chi connectivity index (χ0) is 9.94. The van der Waals surface area contributed by atoms with Gasteiger partial charge in [-0.1, -0.05) is 45.1 Å². The van der Waals surface area contributed by atoms with Crippen molar-refractivity contribution >= 4 is 6.29 Å². The number of hydrogen-bond acceptors (Lipinski definition) is 1. The summed E-state index contributed by atoms with van der Waals surface area (Å²) in [6, 6.07) is 0. The molecule has 0 atom stereocenters. The topological polar surface area (TPSA) is 17.1 Å². The molecule has 0 aromatic carbocycles. The van der Waals surface area contributed by atoms with E-state index < -0.39 is 0 Å². The van der Waals surface area contributed by atoms with E-state index in [4.69, 9.17) is 0 Å². The molecule has 0 fully saturated rings. The van der Waals surface area contributed by atoms with Crippen molar-refractivity contribution in [1.29, 1.82) is 0 Å². The molecular formula is C12H22O. The summed E-state index contributed by atoms with van der Waals surface area (Å²) in [7, 11) is 0. The smallest absolute Gasteiger partial charge is 0.145 e. The van der Waals surface area contributed by atoms with Crippen molar-refractivity contribution in [3.63, 3.8) is 0 Å². The average Bonchev–Trinajstić information content (AvgIpc) is 2.16. The molecule has 0 saturated heterocycles. The molecule has 0 heterocycles. The van der Waals surface area contributed by atoms with Crippen molar-refractivity contribution < 1.29 is 4.79 Å². The first-order chi connectivity index (χ1) is 6.31. The molecule has 0 rings (SSSR count). The second-order valence-electron chi connectivity index (χ2n) is 3.62. The number of hydrogen-bond donors (Lipinski definition) is 0. The lowest BCUT2D eigenvalue weighted by Gasteiger charge is -1.97. The fourth-order valence-corrected chi connectivity index (χ4v) is 1.30. The molecule has 0 spiro atoms. The number of rotatable bonds is 8. The highest BCUT2D eigenvalue weighted by Gasteiger charge is 1.89. The monoisotopic (exact) mass is 182 g/mol. The second kappa shape index (κ2) is 9.50. The van der Waals surface area contributed by atoms with Crippen LogP contribution in [0.15, 0.2) is 11.6 Å². The molecule has 13 heavy (non-hydrogen) atoms. The maximum absolute atomic E-state index is 10.2. The Hall–Kier alpha value is -0.590. The van der Waals surface area contributed by atoms with Gasteiger partial charge in [0.15, 0.2) is 0 Å². The molecule has 0 N–H and O–H groups in total. The third-order valence-corrected chi connectivity index (χ3v) is 2.21. The average molecular weight is 182 g/mol. The maximum atomic E-state index is 10.2. The summed E-state index contributed by atoms with van der Waals surface area (Å²) < 4.78 is 0. The van der Waals surface area contributed by atoms with Gasteiger partial charge in [0, 0.05) is 0 Å². The zero-order valence-electron chi connectivity index (χ0n) is 9.01. The van der Waals surface area contributed by atoms with E-state index in [2.05, 4.69) is 6.92 Å². The molecule has 0 aliphatic heterocycles. The lowest BCUT2D eigenvalue weighted by atomic mass is 10.1. The van der Waals surface area contributed by atoms with Crippen LogP contribution in [0.25, 0.3) is 0 Å². The predicted octanol–water partition coefficient (Wildman–Crippen LogP) is 3.88. The predicted molar refractivity (Wildman–Crippen MR) is 57.8 cm³/mol. The molecule has 1 heteroatoms. The Labute approximate surface area is 82.2 Å². The summed E-state index contributed by atoms with van der Waals surface area (Å²) in [6.45, 7) is 4.10. The molecular weight excluding hydrogens is 160 g/mol. The first kappa shape index (κ1) is 12.4. The Kier molecular flexibility index (Phi) is 9.07. The standard InChI is InChI=1S/C12H22O/c1-3-4-5-6-7-8-9-10-12(2)11-13/h10-11H,3-9H2,1-2H3. The van der Waals surface area contributed by atoms with Crippen molar-refractivity contribution in [2.45, 2.75) is 58.8 Å². The summed E-state index contributed by atoms with van der Waals surface area (Å²) in [5.41, 5.74) is 0.869. The van der Waals surface area contributed by atoms with Crippen molar-refractivity contribution in [2.75, 3.05) is 0 Å². The van der Waals surface area contributed by atoms with E-state index in [1.165, 1.54) is 38.5 Å². The number of carbonyl (C=O) groups excluding carboxylic acids is 1. The van der Waals surface area contributed by atoms with Crippen LogP contribution in [0.2, 0.25) is 0 Å². The van der Waals surface area contributed by atoms with Gasteiger partial charge in [-0.25, -0.2) is 0 Å². The number of carbonyl (C=O) groups is 1. The van der Waals surface area contributed by atoms with Crippen LogP contribution in [0.5, 0.6) is 0 Å². The van der Waals surface area contributed by atoms with Gasteiger partial charge in [0.05, 0.1) is 0 Å². The van der Waals surface area contributed by atoms with Gasteiger partial charge in [-0.2, -0.15) is 0 Å². The quantitative estimate of drug-likeness (QED) is 0.316. The summed E-state index contributed by atoms with van der Waals surface area (Å²) >= 11 is 0. The first-order valence-electron chi connectivity index (χ1n) is 5.43. The van der Waals surface area contributed by atoms with Crippen LogP contribution in [0.4, 0.5) is 0 Å². The van der Waals surface area contributed by atoms with E-state index in [1.54, 1.807) is 0 Å². The highest BCUT2D eigenvalue weighted by atomic mass is 16.1. The summed E-state index contributed by atoms with van der Waals surface area (Å²) in [6.07, 6.45) is 12.0. The molecule has 0 aromatic heterocycles. The fourth-order valence-electron chi connectivity index (χ4n) is 1.30. The molecule has 0 bridgehead atoms. The molecule has 1 nitrogen and oxygen atoms in total. The molecule has 0 amide bonds. The van der Waals surface area contributed by atoms with Crippen LogP contribution in [-0.4, -0.2) is 6.29 Å². The second-order valence-corrected chi connectivity index (χ2v) is 3.62. The van der Waals surface area contributed by atoms with E-state index in [0.717, 1.165) is 18.3 Å². The van der Waals surface area contributed by atoms with Gasteiger partial charge in [0.1, 0.15) is 6.29 Å². The van der Waals surface area contributed by atoms with Crippen LogP contribution in [0.1, 0.15) is 58.8 Å². The molecule has 0 unspecified atom stereocenters. The zero-order valence-corrected chi connectivity index (χ0v) is 9.01. The van der Waals surface area contributed by atoms with Crippen LogP contribution in [-0.2, 0) is 4.79 Å². The van der Waals surface area contributed by atoms with Crippen LogP contribution in [0.3, 0.4) is 0 Å².